The fourth-order valence-electron chi connectivity index (χ4n) is 2.08. The molecule has 2 heteroatoms. The maximum absolute atomic E-state index is 5.94. The van der Waals surface area contributed by atoms with Gasteiger partial charge in [0.25, 0.3) is 0 Å². The molecule has 2 aromatic carbocycles. The molecule has 0 saturated heterocycles. The minimum atomic E-state index is 0.941. The van der Waals surface area contributed by atoms with E-state index >= 15 is 0 Å². The lowest BCUT2D eigenvalue weighted by atomic mass is 10.1. The molecule has 3 aromatic rings. The largest absolute Gasteiger partial charge is 0.456 e. The number of aryl methyl sites for hydroxylation is 1. The molecule has 1 heterocycles. The predicted octanol–water partition coefficient (Wildman–Crippen LogP) is 5.17. The highest BCUT2D eigenvalue weighted by Gasteiger charge is 2.13. The van der Waals surface area contributed by atoms with Crippen LogP contribution < -0.4 is 0 Å². The van der Waals surface area contributed by atoms with E-state index in [4.69, 9.17) is 4.42 Å². The number of hydrogen-bond donors (Lipinski definition) is 0. The number of fused-ring (bicyclic) bond motifs is 1. The third-order valence-electron chi connectivity index (χ3n) is 2.96. The van der Waals surface area contributed by atoms with Crippen molar-refractivity contribution in [2.75, 3.05) is 0 Å². The molecule has 1 aromatic heterocycles. The molecule has 0 N–H and O–H groups in total. The lowest BCUT2D eigenvalue weighted by molar-refractivity contribution is 0.629. The molecule has 0 spiro atoms. The van der Waals surface area contributed by atoms with E-state index in [1.807, 2.05) is 36.4 Å². The topological polar surface area (TPSA) is 13.1 Å². The van der Waals surface area contributed by atoms with E-state index in [-0.39, 0.29) is 0 Å². The Balaban J connectivity index is 2.32. The van der Waals surface area contributed by atoms with Crippen LogP contribution in [-0.2, 0) is 0 Å². The smallest absolute Gasteiger partial charge is 0.139 e. The highest BCUT2D eigenvalue weighted by molar-refractivity contribution is 9.10. The van der Waals surface area contributed by atoms with Crippen LogP contribution in [0.3, 0.4) is 0 Å². The molecule has 0 aliphatic rings. The van der Waals surface area contributed by atoms with Gasteiger partial charge in [-0.3, -0.25) is 0 Å². The molecule has 3 rings (SSSR count). The highest BCUT2D eigenvalue weighted by Crippen LogP contribution is 2.36. The first kappa shape index (κ1) is 10.6. The zero-order valence-corrected chi connectivity index (χ0v) is 11.0. The zero-order chi connectivity index (χ0) is 11.8. The Bertz CT molecular complexity index is 682. The summed E-state index contributed by atoms with van der Waals surface area (Å²) >= 11 is 3.56. The van der Waals surface area contributed by atoms with Gasteiger partial charge in [-0.05, 0) is 19.1 Å². The summed E-state index contributed by atoms with van der Waals surface area (Å²) in [6.45, 7) is 2.10. The van der Waals surface area contributed by atoms with Crippen molar-refractivity contribution in [1.29, 1.82) is 0 Å². The van der Waals surface area contributed by atoms with E-state index in [0.717, 1.165) is 21.4 Å². The maximum Gasteiger partial charge on any atom is 0.139 e. The molecule has 0 aliphatic carbocycles. The summed E-state index contributed by atoms with van der Waals surface area (Å²) in [5.74, 6) is 0.943. The summed E-state index contributed by atoms with van der Waals surface area (Å²) in [5.41, 5.74) is 3.23. The lowest BCUT2D eigenvalue weighted by Crippen LogP contribution is -1.78. The summed E-state index contributed by atoms with van der Waals surface area (Å²) in [6, 6.07) is 16.2. The van der Waals surface area contributed by atoms with E-state index in [1.165, 1.54) is 10.9 Å². The van der Waals surface area contributed by atoms with Crippen LogP contribution in [0.15, 0.2) is 57.4 Å². The van der Waals surface area contributed by atoms with E-state index in [2.05, 4.69) is 35.0 Å². The van der Waals surface area contributed by atoms with Crippen molar-refractivity contribution in [1.82, 2.24) is 0 Å². The predicted molar refractivity (Wildman–Crippen MR) is 74.1 cm³/mol. The van der Waals surface area contributed by atoms with E-state index in [0.29, 0.717) is 0 Å². The molecular weight excluding hydrogens is 276 g/mol. The average molecular weight is 287 g/mol. The third-order valence-corrected chi connectivity index (χ3v) is 3.65. The van der Waals surface area contributed by atoms with Crippen LogP contribution >= 0.6 is 15.9 Å². The standard InChI is InChI=1S/C15H11BrO/c1-10-11-6-3-5-9-14(11)17-15(10)12-7-2-4-8-13(12)16/h2-9H,1H3. The normalized spacial score (nSPS) is 10.9. The van der Waals surface area contributed by atoms with Crippen molar-refractivity contribution >= 4 is 26.9 Å². The maximum atomic E-state index is 5.94. The Labute approximate surface area is 108 Å². The first-order valence-electron chi connectivity index (χ1n) is 5.50. The van der Waals surface area contributed by atoms with Crippen LogP contribution in [0, 0.1) is 6.92 Å². The molecule has 17 heavy (non-hydrogen) atoms. The third kappa shape index (κ3) is 1.69. The van der Waals surface area contributed by atoms with E-state index < -0.39 is 0 Å². The summed E-state index contributed by atoms with van der Waals surface area (Å²) in [5, 5.41) is 1.18. The summed E-state index contributed by atoms with van der Waals surface area (Å²) in [4.78, 5) is 0. The van der Waals surface area contributed by atoms with E-state index in [9.17, 15) is 0 Å². The fraction of sp³-hybridized carbons (Fsp3) is 0.0667. The number of para-hydroxylation sites is 1. The second kappa shape index (κ2) is 4.04. The molecule has 0 unspecified atom stereocenters. The number of furan rings is 1. The van der Waals surface area contributed by atoms with Gasteiger partial charge in [0.2, 0.25) is 0 Å². The van der Waals surface area contributed by atoms with Crippen molar-refractivity contribution < 1.29 is 4.42 Å². The van der Waals surface area contributed by atoms with Crippen LogP contribution in [0.5, 0.6) is 0 Å². The van der Waals surface area contributed by atoms with Crippen LogP contribution in [0.25, 0.3) is 22.3 Å². The Hall–Kier alpha value is -1.54. The van der Waals surface area contributed by atoms with Crippen molar-refractivity contribution in [3.8, 4) is 11.3 Å². The van der Waals surface area contributed by atoms with Gasteiger partial charge in [-0.15, -0.1) is 0 Å². The zero-order valence-electron chi connectivity index (χ0n) is 9.41. The molecule has 0 fully saturated rings. The second-order valence-electron chi connectivity index (χ2n) is 4.03. The van der Waals surface area contributed by atoms with Gasteiger partial charge in [0.15, 0.2) is 0 Å². The van der Waals surface area contributed by atoms with Crippen molar-refractivity contribution in [3.63, 3.8) is 0 Å². The molecule has 0 aliphatic heterocycles. The van der Waals surface area contributed by atoms with E-state index in [1.54, 1.807) is 0 Å². The number of hydrogen-bond acceptors (Lipinski definition) is 1. The number of halogens is 1. The van der Waals surface area contributed by atoms with Gasteiger partial charge in [-0.1, -0.05) is 52.3 Å². The lowest BCUT2D eigenvalue weighted by Gasteiger charge is -2.01. The summed E-state index contributed by atoms with van der Waals surface area (Å²) < 4.78 is 6.99. The number of rotatable bonds is 1. The number of benzene rings is 2. The van der Waals surface area contributed by atoms with Crippen LogP contribution in [0.4, 0.5) is 0 Å². The quantitative estimate of drug-likeness (QED) is 0.601. The van der Waals surface area contributed by atoms with Crippen molar-refractivity contribution in [3.05, 3.63) is 58.6 Å². The van der Waals surface area contributed by atoms with Crippen molar-refractivity contribution in [2.24, 2.45) is 0 Å². The Morgan fingerprint density at radius 2 is 1.65 bits per heavy atom. The molecule has 0 amide bonds. The van der Waals surface area contributed by atoms with Gasteiger partial charge < -0.3 is 4.42 Å². The molecule has 0 atom stereocenters. The van der Waals surface area contributed by atoms with Gasteiger partial charge in [0.05, 0.1) is 0 Å². The summed E-state index contributed by atoms with van der Waals surface area (Å²) in [6.07, 6.45) is 0. The molecule has 0 radical (unpaired) electrons. The molecule has 0 bridgehead atoms. The van der Waals surface area contributed by atoms with Gasteiger partial charge in [-0.25, -0.2) is 0 Å². The molecule has 1 nitrogen and oxygen atoms in total. The van der Waals surface area contributed by atoms with Crippen LogP contribution in [0.1, 0.15) is 5.56 Å². The first-order chi connectivity index (χ1) is 8.27. The van der Waals surface area contributed by atoms with Gasteiger partial charge in [0.1, 0.15) is 11.3 Å². The SMILES string of the molecule is Cc1c(-c2ccccc2Br)oc2ccccc12. The monoisotopic (exact) mass is 286 g/mol. The van der Waals surface area contributed by atoms with Gasteiger partial charge >= 0.3 is 0 Å². The highest BCUT2D eigenvalue weighted by atomic mass is 79.9. The summed E-state index contributed by atoms with van der Waals surface area (Å²) in [7, 11) is 0. The molecule has 0 saturated carbocycles. The second-order valence-corrected chi connectivity index (χ2v) is 4.89. The Morgan fingerprint density at radius 1 is 0.941 bits per heavy atom. The van der Waals surface area contributed by atoms with Gasteiger partial charge in [0, 0.05) is 21.0 Å². The van der Waals surface area contributed by atoms with Crippen LogP contribution in [-0.4, -0.2) is 0 Å². The average Bonchev–Trinajstić information content (AvgIpc) is 2.68. The Kier molecular flexibility index (Phi) is 2.52. The minimum Gasteiger partial charge on any atom is -0.456 e. The van der Waals surface area contributed by atoms with Gasteiger partial charge in [-0.2, -0.15) is 0 Å². The minimum absolute atomic E-state index is 0.941. The first-order valence-corrected chi connectivity index (χ1v) is 6.29. The van der Waals surface area contributed by atoms with Crippen molar-refractivity contribution in [2.45, 2.75) is 6.92 Å². The fourth-order valence-corrected chi connectivity index (χ4v) is 2.54. The van der Waals surface area contributed by atoms with Crippen LogP contribution in [0.2, 0.25) is 0 Å². The Morgan fingerprint density at radius 3 is 2.41 bits per heavy atom. The molecular formula is C15H11BrO. The molecule has 84 valence electrons.